The van der Waals surface area contributed by atoms with Gasteiger partial charge in [0.05, 0.1) is 19.8 Å². The monoisotopic (exact) mass is 632 g/mol. The molecule has 224 valence electrons. The molecule has 0 aliphatic heterocycles. The average molecular weight is 634 g/mol. The fraction of sp³-hybridized carbons (Fsp3) is 1.00. The van der Waals surface area contributed by atoms with Crippen molar-refractivity contribution < 1.29 is 23.1 Å². The molecule has 0 amide bonds. The summed E-state index contributed by atoms with van der Waals surface area (Å²) in [7, 11) is 1.59. The van der Waals surface area contributed by atoms with E-state index in [1.54, 1.807) is 7.11 Å². The predicted octanol–water partition coefficient (Wildman–Crippen LogP) is 10.9. The first-order valence-electron chi connectivity index (χ1n) is 15.2. The summed E-state index contributed by atoms with van der Waals surface area (Å²) in [5.41, 5.74) is 0. The minimum Gasteiger partial charge on any atom is -0.379 e. The van der Waals surface area contributed by atoms with Crippen LogP contribution in [0.3, 0.4) is 0 Å². The van der Waals surface area contributed by atoms with Crippen molar-refractivity contribution in [2.45, 2.75) is 142 Å². The third-order valence-electron chi connectivity index (χ3n) is 6.96. The van der Waals surface area contributed by atoms with Crippen molar-refractivity contribution in [1.82, 2.24) is 0 Å². The molecule has 0 rings (SSSR count). The second kappa shape index (κ2) is 28.4. The number of rotatable bonds is 30. The summed E-state index contributed by atoms with van der Waals surface area (Å²) in [4.78, 5) is 0. The van der Waals surface area contributed by atoms with Gasteiger partial charge in [-0.3, -0.25) is 9.05 Å². The lowest BCUT2D eigenvalue weighted by Crippen LogP contribution is -2.24. The summed E-state index contributed by atoms with van der Waals surface area (Å²) in [6.45, 7) is 2.43. The molecule has 0 radical (unpaired) electrons. The van der Waals surface area contributed by atoms with Gasteiger partial charge < -0.3 is 9.47 Å². The molecule has 0 aromatic heterocycles. The van der Waals surface area contributed by atoms with Crippen LogP contribution in [0.5, 0.6) is 0 Å². The van der Waals surface area contributed by atoms with Crippen LogP contribution in [0.2, 0.25) is 0 Å². The fourth-order valence-electron chi connectivity index (χ4n) is 4.60. The molecule has 8 heteroatoms. The highest BCUT2D eigenvalue weighted by Crippen LogP contribution is 2.53. The average Bonchev–Trinajstić information content (AvgIpc) is 2.89. The van der Waals surface area contributed by atoms with Crippen LogP contribution < -0.4 is 0 Å². The van der Waals surface area contributed by atoms with E-state index in [1.807, 2.05) is 0 Å². The first-order chi connectivity index (χ1) is 18.0. The first kappa shape index (κ1) is 37.8. The van der Waals surface area contributed by atoms with E-state index < -0.39 is 6.95 Å². The lowest BCUT2D eigenvalue weighted by atomic mass is 9.89. The van der Waals surface area contributed by atoms with Gasteiger partial charge in [-0.1, -0.05) is 145 Å². The molecule has 5 nitrogen and oxygen atoms in total. The van der Waals surface area contributed by atoms with Gasteiger partial charge in [-0.05, 0) is 12.3 Å². The number of methoxy groups -OCH3 is 1. The Labute approximate surface area is 243 Å². The van der Waals surface area contributed by atoms with Gasteiger partial charge in [0.15, 0.2) is 0 Å². The van der Waals surface area contributed by atoms with E-state index in [1.165, 1.54) is 116 Å². The molecule has 0 N–H and O–H groups in total. The Bertz CT molecular complexity index is 499. The Balaban J connectivity index is 3.99. The molecule has 0 saturated heterocycles. The quantitative estimate of drug-likeness (QED) is 0.0447. The SMILES string of the molecule is CCCCCCCCC(CCCCCCCC)CCCCCCOCC(COP(=O)(Cl)OCCBr)OC. The number of halogens is 2. The minimum atomic E-state index is -3.56. The van der Waals surface area contributed by atoms with Gasteiger partial charge in [-0.25, -0.2) is 4.57 Å². The van der Waals surface area contributed by atoms with Crippen molar-refractivity contribution in [3.63, 3.8) is 0 Å². The molecule has 0 aliphatic carbocycles. The van der Waals surface area contributed by atoms with Crippen molar-refractivity contribution in [3.05, 3.63) is 0 Å². The van der Waals surface area contributed by atoms with Gasteiger partial charge in [-0.2, -0.15) is 0 Å². The molecule has 37 heavy (non-hydrogen) atoms. The Morgan fingerprint density at radius 1 is 0.676 bits per heavy atom. The van der Waals surface area contributed by atoms with Gasteiger partial charge in [0.2, 0.25) is 0 Å². The Morgan fingerprint density at radius 2 is 1.16 bits per heavy atom. The molecule has 0 saturated carbocycles. The van der Waals surface area contributed by atoms with Crippen LogP contribution in [-0.2, 0) is 23.1 Å². The number of unbranched alkanes of at least 4 members (excludes halogenated alkanes) is 13. The molecule has 0 fully saturated rings. The standard InChI is InChI=1S/C29H59BrClO5P/c1-4-6-8-10-12-16-20-28(21-17-13-11-9-7-5-2)22-18-14-15-19-24-34-26-29(33-3)27-36-37(31,32)35-25-23-30/h28-29H,4-27H2,1-3H3. The summed E-state index contributed by atoms with van der Waals surface area (Å²) < 4.78 is 33.3. The van der Waals surface area contributed by atoms with E-state index in [4.69, 9.17) is 29.8 Å². The summed E-state index contributed by atoms with van der Waals surface area (Å²) in [6.07, 6.45) is 25.6. The maximum atomic E-state index is 11.9. The number of alkyl halides is 1. The maximum Gasteiger partial charge on any atom is 0.424 e. The zero-order chi connectivity index (χ0) is 27.5. The van der Waals surface area contributed by atoms with Gasteiger partial charge in [0.25, 0.3) is 0 Å². The van der Waals surface area contributed by atoms with Crippen molar-refractivity contribution in [1.29, 1.82) is 0 Å². The third kappa shape index (κ3) is 26.8. The van der Waals surface area contributed by atoms with Gasteiger partial charge in [0.1, 0.15) is 6.10 Å². The summed E-state index contributed by atoms with van der Waals surface area (Å²) in [6, 6.07) is 0. The van der Waals surface area contributed by atoms with Crippen molar-refractivity contribution >= 4 is 34.1 Å². The van der Waals surface area contributed by atoms with Gasteiger partial charge in [0, 0.05) is 30.3 Å². The van der Waals surface area contributed by atoms with E-state index in [0.717, 1.165) is 12.3 Å². The van der Waals surface area contributed by atoms with E-state index in [9.17, 15) is 4.57 Å². The fourth-order valence-corrected chi connectivity index (χ4v) is 6.12. The number of hydrogen-bond acceptors (Lipinski definition) is 5. The van der Waals surface area contributed by atoms with Crippen LogP contribution in [0.4, 0.5) is 0 Å². The highest BCUT2D eigenvalue weighted by atomic mass is 79.9. The van der Waals surface area contributed by atoms with Crippen LogP contribution >= 0.6 is 34.1 Å². The zero-order valence-corrected chi connectivity index (χ0v) is 27.6. The minimum absolute atomic E-state index is 0.0815. The number of hydrogen-bond donors (Lipinski definition) is 0. The Hall–Kier alpha value is 0.840. The van der Waals surface area contributed by atoms with E-state index >= 15 is 0 Å². The molecule has 0 spiro atoms. The van der Waals surface area contributed by atoms with Gasteiger partial charge in [-0.15, -0.1) is 0 Å². The van der Waals surface area contributed by atoms with Crippen LogP contribution in [0.15, 0.2) is 0 Å². The van der Waals surface area contributed by atoms with E-state index in [0.29, 0.717) is 18.5 Å². The third-order valence-corrected chi connectivity index (χ3v) is 8.81. The topological polar surface area (TPSA) is 54.0 Å². The molecule has 0 aromatic carbocycles. The Morgan fingerprint density at radius 3 is 1.65 bits per heavy atom. The zero-order valence-electron chi connectivity index (χ0n) is 24.4. The predicted molar refractivity (Wildman–Crippen MR) is 163 cm³/mol. The highest BCUT2D eigenvalue weighted by molar-refractivity contribution is 9.09. The molecular weight excluding hydrogens is 575 g/mol. The van der Waals surface area contributed by atoms with Crippen LogP contribution in [0.1, 0.15) is 136 Å². The molecule has 0 aromatic rings. The van der Waals surface area contributed by atoms with Gasteiger partial charge >= 0.3 is 6.95 Å². The molecular formula is C29H59BrClO5P. The van der Waals surface area contributed by atoms with Crippen LogP contribution in [-0.4, -0.2) is 45.0 Å². The molecule has 2 unspecified atom stereocenters. The van der Waals surface area contributed by atoms with E-state index in [-0.39, 0.29) is 19.3 Å². The Kier molecular flexibility index (Phi) is 29.0. The second-order valence-electron chi connectivity index (χ2n) is 10.4. The van der Waals surface area contributed by atoms with E-state index in [2.05, 4.69) is 29.8 Å². The van der Waals surface area contributed by atoms with Crippen molar-refractivity contribution in [3.8, 4) is 0 Å². The summed E-state index contributed by atoms with van der Waals surface area (Å²) >= 11 is 8.97. The maximum absolute atomic E-state index is 11.9. The first-order valence-corrected chi connectivity index (χ1v) is 18.8. The number of ether oxygens (including phenoxy) is 2. The van der Waals surface area contributed by atoms with Crippen molar-refractivity contribution in [2.75, 3.05) is 38.9 Å². The normalized spacial score (nSPS) is 14.3. The highest BCUT2D eigenvalue weighted by Gasteiger charge is 2.23. The molecule has 0 heterocycles. The van der Waals surface area contributed by atoms with Crippen molar-refractivity contribution in [2.24, 2.45) is 5.92 Å². The summed E-state index contributed by atoms with van der Waals surface area (Å²) in [5, 5.41) is 0.544. The second-order valence-corrected chi connectivity index (χ2v) is 13.8. The molecule has 0 aliphatic rings. The van der Waals surface area contributed by atoms with Crippen LogP contribution in [0, 0.1) is 5.92 Å². The molecule has 0 bridgehead atoms. The smallest absolute Gasteiger partial charge is 0.379 e. The lowest BCUT2D eigenvalue weighted by molar-refractivity contribution is -0.0169. The molecule has 2 atom stereocenters. The van der Waals surface area contributed by atoms with Crippen LogP contribution in [0.25, 0.3) is 0 Å². The largest absolute Gasteiger partial charge is 0.424 e. The summed E-state index contributed by atoms with van der Waals surface area (Å²) in [5.74, 6) is 0.924. The lowest BCUT2D eigenvalue weighted by Gasteiger charge is -2.18.